The molecule has 4 aliphatic rings. The molecule has 2 aromatic rings. The summed E-state index contributed by atoms with van der Waals surface area (Å²) < 4.78 is 11.1. The van der Waals surface area contributed by atoms with Gasteiger partial charge < -0.3 is 34.6 Å². The fraction of sp³-hybridized carbons (Fsp3) is 0.568. The lowest BCUT2D eigenvalue weighted by atomic mass is 9.98. The number of nitrogens with zero attached hydrogens (tertiary/aromatic N) is 4. The predicted molar refractivity (Wildman–Crippen MR) is 183 cm³/mol. The number of urea groups is 1. The second kappa shape index (κ2) is 15.1. The molecule has 4 amide bonds. The van der Waals surface area contributed by atoms with Crippen molar-refractivity contribution in [3.8, 4) is 5.75 Å². The molecule has 2 N–H and O–H groups in total. The van der Waals surface area contributed by atoms with E-state index in [0.29, 0.717) is 56.7 Å². The van der Waals surface area contributed by atoms with Crippen molar-refractivity contribution < 1.29 is 33.8 Å². The first-order valence-corrected chi connectivity index (χ1v) is 17.7. The van der Waals surface area contributed by atoms with Crippen LogP contribution in [0.25, 0.3) is 0 Å². The number of anilines is 1. The van der Waals surface area contributed by atoms with Gasteiger partial charge in [-0.15, -0.1) is 0 Å². The Morgan fingerprint density at radius 3 is 2.24 bits per heavy atom. The minimum atomic E-state index is -1.03. The molecule has 4 aliphatic heterocycles. The highest BCUT2D eigenvalue weighted by molar-refractivity contribution is 5.91. The number of carbonyl (C=O) groups is 4. The van der Waals surface area contributed by atoms with Crippen molar-refractivity contribution in [2.45, 2.75) is 89.4 Å². The highest BCUT2D eigenvalue weighted by atomic mass is 16.6. The zero-order valence-electron chi connectivity index (χ0n) is 28.9. The molecule has 4 heterocycles. The zero-order chi connectivity index (χ0) is 34.7. The number of ether oxygens (including phenoxy) is 2. The summed E-state index contributed by atoms with van der Waals surface area (Å²) in [6, 6.07) is 11.3. The molecule has 0 radical (unpaired) electrons. The number of phenolic OH excluding ortho intramolecular Hbond substituents is 1. The summed E-state index contributed by atoms with van der Waals surface area (Å²) in [5.74, 6) is -0.230. The van der Waals surface area contributed by atoms with Crippen molar-refractivity contribution in [2.24, 2.45) is 0 Å². The maximum atomic E-state index is 14.1. The van der Waals surface area contributed by atoms with Crippen LogP contribution >= 0.6 is 0 Å². The largest absolute Gasteiger partial charge is 0.507 e. The van der Waals surface area contributed by atoms with Gasteiger partial charge >= 0.3 is 18.1 Å². The van der Waals surface area contributed by atoms with Crippen LogP contribution in [0, 0.1) is 13.8 Å². The van der Waals surface area contributed by atoms with Gasteiger partial charge in [0.1, 0.15) is 11.8 Å². The van der Waals surface area contributed by atoms with Gasteiger partial charge in [-0.1, -0.05) is 30.3 Å². The van der Waals surface area contributed by atoms with E-state index in [1.807, 2.05) is 55.1 Å². The van der Waals surface area contributed by atoms with E-state index in [9.17, 15) is 24.3 Å². The molecular weight excluding hydrogens is 626 g/mol. The number of fused-ring (bicyclic) bond motifs is 1. The summed E-state index contributed by atoms with van der Waals surface area (Å²) >= 11 is 0. The Morgan fingerprint density at radius 1 is 0.898 bits per heavy atom. The molecule has 0 aromatic heterocycles. The number of aromatic hydroxyl groups is 1. The van der Waals surface area contributed by atoms with E-state index in [2.05, 4.69) is 10.2 Å². The summed E-state index contributed by atoms with van der Waals surface area (Å²) in [5.41, 5.74) is 4.15. The van der Waals surface area contributed by atoms with Gasteiger partial charge in [0.25, 0.3) is 5.91 Å². The van der Waals surface area contributed by atoms with Gasteiger partial charge in [0.15, 0.2) is 6.10 Å². The molecule has 3 fully saturated rings. The number of aryl methyl sites for hydroxylation is 2. The molecule has 12 nitrogen and oxygen atoms in total. The average molecular weight is 676 g/mol. The summed E-state index contributed by atoms with van der Waals surface area (Å²) in [6.07, 6.45) is 3.78. The number of esters is 1. The van der Waals surface area contributed by atoms with Crippen molar-refractivity contribution in [1.29, 1.82) is 0 Å². The van der Waals surface area contributed by atoms with Gasteiger partial charge in [-0.2, -0.15) is 0 Å². The summed E-state index contributed by atoms with van der Waals surface area (Å²) in [6.45, 7) is 6.91. The van der Waals surface area contributed by atoms with Gasteiger partial charge in [0.2, 0.25) is 0 Å². The number of nitrogens with one attached hydrogen (secondary N) is 1. The van der Waals surface area contributed by atoms with Gasteiger partial charge in [-0.3, -0.25) is 14.5 Å². The van der Waals surface area contributed by atoms with Crippen LogP contribution in [0.1, 0.15) is 60.8 Å². The smallest absolute Gasteiger partial charge is 0.410 e. The number of para-hydroxylation sites is 1. The van der Waals surface area contributed by atoms with Crippen LogP contribution < -0.4 is 5.32 Å². The van der Waals surface area contributed by atoms with E-state index in [1.54, 1.807) is 9.80 Å². The molecular formula is C37H49N5O7. The van der Waals surface area contributed by atoms with Crippen molar-refractivity contribution in [2.75, 3.05) is 51.7 Å². The third kappa shape index (κ3) is 7.64. The Hall–Kier alpha value is -4.32. The van der Waals surface area contributed by atoms with E-state index in [-0.39, 0.29) is 48.2 Å². The maximum Gasteiger partial charge on any atom is 0.410 e. The van der Waals surface area contributed by atoms with Crippen molar-refractivity contribution in [1.82, 2.24) is 19.6 Å². The van der Waals surface area contributed by atoms with Crippen LogP contribution in [0.2, 0.25) is 0 Å². The lowest BCUT2D eigenvalue weighted by Crippen LogP contribution is -2.53. The predicted octanol–water partition coefficient (Wildman–Crippen LogP) is 4.24. The highest BCUT2D eigenvalue weighted by Gasteiger charge is 2.40. The fourth-order valence-electron chi connectivity index (χ4n) is 8.09. The van der Waals surface area contributed by atoms with Crippen LogP contribution in [0.15, 0.2) is 36.4 Å². The number of hydrogen-bond acceptors (Lipinski definition) is 8. The SMILES string of the molecule is COC(=O)C1CCCN1C1CCN(C(=O)C(Cc2cc(C)c(O)c(C)c2)OC(=O)N2CCC(N3CCc4ccccc4NC3=O)CC2)CC1. The van der Waals surface area contributed by atoms with Crippen LogP contribution in [-0.4, -0.2) is 119 Å². The Balaban J connectivity index is 1.09. The second-order valence-corrected chi connectivity index (χ2v) is 13.9. The lowest BCUT2D eigenvalue weighted by Gasteiger charge is -2.40. The third-order valence-corrected chi connectivity index (χ3v) is 10.8. The average Bonchev–Trinajstić information content (AvgIpc) is 3.54. The number of hydrogen-bond donors (Lipinski definition) is 2. The zero-order valence-corrected chi connectivity index (χ0v) is 28.9. The Morgan fingerprint density at radius 2 is 1.55 bits per heavy atom. The van der Waals surface area contributed by atoms with E-state index in [1.165, 1.54) is 7.11 Å². The minimum absolute atomic E-state index is 0.00517. The lowest BCUT2D eigenvalue weighted by molar-refractivity contribution is -0.148. The summed E-state index contributed by atoms with van der Waals surface area (Å²) in [7, 11) is 1.42. The normalized spacial score (nSPS) is 21.5. The standard InChI is InChI=1S/C37H49N5O7/c1-24-21-26(22-25(2)33(24)43)23-32(34(44)39-16-11-28(12-17-39)41-15-6-9-31(41)35(45)48-3)49-37(47)40-18-13-29(14-19-40)42-20-10-27-7-4-5-8-30(27)38-36(42)46/h4-5,7-8,21-22,28-29,31-32,43H,6,9-20,23H2,1-3H3,(H,38,46). The van der Waals surface area contributed by atoms with Gasteiger partial charge in [-0.25, -0.2) is 9.59 Å². The molecule has 2 unspecified atom stereocenters. The number of benzene rings is 2. The molecule has 12 heteroatoms. The van der Waals surface area contributed by atoms with Crippen molar-refractivity contribution >= 4 is 29.7 Å². The number of amides is 4. The van der Waals surface area contributed by atoms with E-state index in [4.69, 9.17) is 9.47 Å². The molecule has 264 valence electrons. The number of phenols is 1. The number of piperidine rings is 2. The van der Waals surface area contributed by atoms with Crippen LogP contribution in [0.5, 0.6) is 5.75 Å². The van der Waals surface area contributed by atoms with Gasteiger partial charge in [-0.05, 0) is 93.7 Å². The fourth-order valence-corrected chi connectivity index (χ4v) is 8.09. The minimum Gasteiger partial charge on any atom is -0.507 e. The van der Waals surface area contributed by atoms with E-state index < -0.39 is 12.2 Å². The molecule has 2 aromatic carbocycles. The van der Waals surface area contributed by atoms with E-state index >= 15 is 0 Å². The topological polar surface area (TPSA) is 132 Å². The Bertz CT molecular complexity index is 1530. The number of methoxy groups -OCH3 is 1. The van der Waals surface area contributed by atoms with Crippen molar-refractivity contribution in [3.05, 3.63) is 58.7 Å². The molecule has 0 spiro atoms. The molecule has 3 saturated heterocycles. The van der Waals surface area contributed by atoms with Crippen LogP contribution in [0.4, 0.5) is 15.3 Å². The third-order valence-electron chi connectivity index (χ3n) is 10.8. The van der Waals surface area contributed by atoms with E-state index in [0.717, 1.165) is 55.5 Å². The first kappa shape index (κ1) is 34.5. The summed E-state index contributed by atoms with van der Waals surface area (Å²) in [4.78, 5) is 60.7. The molecule has 49 heavy (non-hydrogen) atoms. The maximum absolute atomic E-state index is 14.1. The molecule has 2 atom stereocenters. The van der Waals surface area contributed by atoms with Gasteiger partial charge in [0, 0.05) is 56.9 Å². The van der Waals surface area contributed by atoms with Crippen LogP contribution in [0.3, 0.4) is 0 Å². The number of carbonyl (C=O) groups excluding carboxylic acids is 4. The molecule has 6 rings (SSSR count). The first-order chi connectivity index (χ1) is 23.6. The first-order valence-electron chi connectivity index (χ1n) is 17.7. The Kier molecular flexibility index (Phi) is 10.6. The quantitative estimate of drug-likeness (QED) is 0.417. The molecule has 0 saturated carbocycles. The molecule has 0 bridgehead atoms. The number of rotatable bonds is 7. The van der Waals surface area contributed by atoms with Crippen LogP contribution in [-0.2, 0) is 31.9 Å². The molecule has 0 aliphatic carbocycles. The summed E-state index contributed by atoms with van der Waals surface area (Å²) in [5, 5.41) is 13.4. The second-order valence-electron chi connectivity index (χ2n) is 13.9. The highest BCUT2D eigenvalue weighted by Crippen LogP contribution is 2.29. The number of likely N-dealkylation sites (tertiary alicyclic amines) is 3. The van der Waals surface area contributed by atoms with Gasteiger partial charge in [0.05, 0.1) is 7.11 Å². The monoisotopic (exact) mass is 675 g/mol. The van der Waals surface area contributed by atoms with Crippen molar-refractivity contribution in [3.63, 3.8) is 0 Å². The Labute approximate surface area is 288 Å².